The molecule has 0 aromatic heterocycles. The van der Waals surface area contributed by atoms with E-state index in [4.69, 9.17) is 0 Å². The van der Waals surface area contributed by atoms with Crippen LogP contribution in [0.5, 0.6) is 0 Å². The van der Waals surface area contributed by atoms with Gasteiger partial charge in [0.15, 0.2) is 0 Å². The molecule has 0 N–H and O–H groups in total. The maximum absolute atomic E-state index is 4.61. The molecule has 0 fully saturated rings. The van der Waals surface area contributed by atoms with E-state index in [1.54, 1.807) is 18.8 Å². The number of halogens is 1. The van der Waals surface area contributed by atoms with Crippen LogP contribution in [-0.2, 0) is 18.8 Å². The molecule has 0 aliphatic rings. The van der Waals surface area contributed by atoms with E-state index in [2.05, 4.69) is 77.0 Å². The Hall–Kier alpha value is -0.152. The minimum absolute atomic E-state index is 0.149. The zero-order valence-corrected chi connectivity index (χ0v) is 13.5. The maximum atomic E-state index is 4.61. The zero-order valence-electron chi connectivity index (χ0n) is 9.62. The van der Waals surface area contributed by atoms with E-state index in [1.165, 1.54) is 16.8 Å². The van der Waals surface area contributed by atoms with Gasteiger partial charge in [-0.1, -0.05) is 67.6 Å². The SMILES string of the molecule is CCP(c1ccccc1)c1ccccc1.[Cl][Pt]. The number of benzene rings is 2. The summed E-state index contributed by atoms with van der Waals surface area (Å²) in [5.41, 5.74) is 0. The molecule has 3 heteroatoms. The van der Waals surface area contributed by atoms with Crippen molar-refractivity contribution in [3.05, 3.63) is 60.7 Å². The van der Waals surface area contributed by atoms with Crippen molar-refractivity contribution in [3.63, 3.8) is 0 Å². The second kappa shape index (κ2) is 8.87. The molecule has 0 saturated carbocycles. The predicted molar refractivity (Wildman–Crippen MR) is 75.5 cm³/mol. The van der Waals surface area contributed by atoms with Crippen molar-refractivity contribution in [2.75, 3.05) is 6.16 Å². The van der Waals surface area contributed by atoms with Crippen LogP contribution in [0.4, 0.5) is 0 Å². The summed E-state index contributed by atoms with van der Waals surface area (Å²) in [6.45, 7) is 2.27. The van der Waals surface area contributed by atoms with Crippen LogP contribution >= 0.6 is 17.3 Å². The molecule has 0 radical (unpaired) electrons. The van der Waals surface area contributed by atoms with Crippen molar-refractivity contribution >= 4 is 27.9 Å². The Bertz CT molecular complexity index is 366. The van der Waals surface area contributed by atoms with E-state index >= 15 is 0 Å². The van der Waals surface area contributed by atoms with Gasteiger partial charge in [0.05, 0.1) is 0 Å². The Morgan fingerprint density at radius 3 is 1.47 bits per heavy atom. The Labute approximate surface area is 120 Å². The quantitative estimate of drug-likeness (QED) is 0.631. The van der Waals surface area contributed by atoms with Crippen molar-refractivity contribution in [1.82, 2.24) is 0 Å². The van der Waals surface area contributed by atoms with Gasteiger partial charge in [-0.15, -0.1) is 0 Å². The van der Waals surface area contributed by atoms with Gasteiger partial charge >= 0.3 is 28.2 Å². The first-order valence-electron chi connectivity index (χ1n) is 5.41. The van der Waals surface area contributed by atoms with Crippen LogP contribution in [0.15, 0.2) is 60.7 Å². The average Bonchev–Trinajstić information content (AvgIpc) is 2.44. The van der Waals surface area contributed by atoms with Crippen molar-refractivity contribution in [1.29, 1.82) is 0 Å². The molecule has 0 saturated heterocycles. The fourth-order valence-corrected chi connectivity index (χ4v) is 3.82. The molecule has 0 bridgehead atoms. The van der Waals surface area contributed by atoms with Gasteiger partial charge in [-0.05, 0) is 24.7 Å². The van der Waals surface area contributed by atoms with E-state index < -0.39 is 0 Å². The van der Waals surface area contributed by atoms with Crippen molar-refractivity contribution in [2.45, 2.75) is 6.92 Å². The third-order valence-corrected chi connectivity index (χ3v) is 4.93. The van der Waals surface area contributed by atoms with Gasteiger partial charge in [0.2, 0.25) is 0 Å². The van der Waals surface area contributed by atoms with Gasteiger partial charge < -0.3 is 0 Å². The van der Waals surface area contributed by atoms with Crippen LogP contribution in [0, 0.1) is 0 Å². The topological polar surface area (TPSA) is 0 Å². The second-order valence-corrected chi connectivity index (χ2v) is 5.94. The van der Waals surface area contributed by atoms with Gasteiger partial charge in [-0.25, -0.2) is 0 Å². The molecule has 2 aromatic carbocycles. The van der Waals surface area contributed by atoms with Gasteiger partial charge in [0.25, 0.3) is 0 Å². The predicted octanol–water partition coefficient (Wildman–Crippen LogP) is 3.83. The monoisotopic (exact) mass is 444 g/mol. The van der Waals surface area contributed by atoms with Crippen LogP contribution in [-0.4, -0.2) is 6.16 Å². The molecule has 0 amide bonds. The summed E-state index contributed by atoms with van der Waals surface area (Å²) in [6.07, 6.45) is 1.21. The molecular weight excluding hydrogens is 430 g/mol. The molecule has 2 rings (SSSR count). The van der Waals surface area contributed by atoms with Crippen LogP contribution in [0.2, 0.25) is 0 Å². The van der Waals surface area contributed by atoms with E-state index in [1.807, 2.05) is 0 Å². The van der Waals surface area contributed by atoms with E-state index in [9.17, 15) is 0 Å². The van der Waals surface area contributed by atoms with Gasteiger partial charge in [-0.2, -0.15) is 0 Å². The van der Waals surface area contributed by atoms with Crippen molar-refractivity contribution in [2.24, 2.45) is 0 Å². The molecule has 0 aliphatic heterocycles. The third-order valence-electron chi connectivity index (χ3n) is 2.45. The van der Waals surface area contributed by atoms with Crippen LogP contribution in [0.25, 0.3) is 0 Å². The molecule has 0 heterocycles. The fraction of sp³-hybridized carbons (Fsp3) is 0.143. The first-order chi connectivity index (χ1) is 8.42. The normalized spacial score (nSPS) is 9.71. The van der Waals surface area contributed by atoms with E-state index in [0.717, 1.165) is 0 Å². The minimum atomic E-state index is -0.149. The second-order valence-electron chi connectivity index (χ2n) is 3.42. The number of hydrogen-bond donors (Lipinski definition) is 0. The van der Waals surface area contributed by atoms with Gasteiger partial charge in [-0.3, -0.25) is 0 Å². The summed E-state index contributed by atoms with van der Waals surface area (Å²) < 4.78 is 0. The summed E-state index contributed by atoms with van der Waals surface area (Å²) >= 11 is 1.61. The van der Waals surface area contributed by atoms with Crippen molar-refractivity contribution < 1.29 is 18.8 Å². The molecule has 93 valence electrons. The van der Waals surface area contributed by atoms with Crippen molar-refractivity contribution in [3.8, 4) is 0 Å². The molecular formula is C14H15ClPPt. The Morgan fingerprint density at radius 2 is 1.18 bits per heavy atom. The van der Waals surface area contributed by atoms with E-state index in [-0.39, 0.29) is 7.92 Å². The summed E-state index contributed by atoms with van der Waals surface area (Å²) in [7, 11) is 4.46. The molecule has 0 unspecified atom stereocenters. The third kappa shape index (κ3) is 4.55. The summed E-state index contributed by atoms with van der Waals surface area (Å²) in [5.74, 6) is 0. The average molecular weight is 445 g/mol. The van der Waals surface area contributed by atoms with Gasteiger partial charge in [0.1, 0.15) is 0 Å². The number of rotatable bonds is 3. The van der Waals surface area contributed by atoms with Gasteiger partial charge in [0, 0.05) is 0 Å². The molecule has 2 aromatic rings. The van der Waals surface area contributed by atoms with Crippen LogP contribution < -0.4 is 10.6 Å². The van der Waals surface area contributed by atoms with Crippen LogP contribution in [0.3, 0.4) is 0 Å². The fourth-order valence-electron chi connectivity index (χ4n) is 1.73. The van der Waals surface area contributed by atoms with E-state index in [0.29, 0.717) is 0 Å². The summed E-state index contributed by atoms with van der Waals surface area (Å²) in [4.78, 5) is 0. The first kappa shape index (κ1) is 14.9. The first-order valence-corrected chi connectivity index (χ1v) is 9.75. The molecule has 0 nitrogen and oxygen atoms in total. The Morgan fingerprint density at radius 1 is 0.824 bits per heavy atom. The van der Waals surface area contributed by atoms with Crippen LogP contribution in [0.1, 0.15) is 6.92 Å². The zero-order chi connectivity index (χ0) is 12.5. The summed E-state index contributed by atoms with van der Waals surface area (Å²) in [5, 5.41) is 2.95. The molecule has 0 atom stereocenters. The Balaban J connectivity index is 0.000000686. The molecule has 17 heavy (non-hydrogen) atoms. The Kier molecular flexibility index (Phi) is 7.78. The molecule has 0 spiro atoms. The number of hydrogen-bond acceptors (Lipinski definition) is 0. The summed E-state index contributed by atoms with van der Waals surface area (Å²) in [6, 6.07) is 21.6. The standard InChI is InChI=1S/C14H15P.ClH.Pt/c1-2-15(13-9-5-3-6-10-13)14-11-7-4-8-12-14;;/h3-12H,2H2,1H3;1H;/q;;+1/p-1. The molecule has 0 aliphatic carbocycles.